The highest BCUT2D eigenvalue weighted by Gasteiger charge is 2.49. The molecule has 2 fully saturated rings. The van der Waals surface area contributed by atoms with Crippen LogP contribution in [0.25, 0.3) is 0 Å². The Bertz CT molecular complexity index is 576. The normalized spacial score (nSPS) is 43.4. The Morgan fingerprint density at radius 2 is 1.79 bits per heavy atom. The van der Waals surface area contributed by atoms with Crippen LogP contribution in [0.3, 0.4) is 0 Å². The van der Waals surface area contributed by atoms with Gasteiger partial charge in [0.25, 0.3) is 0 Å². The van der Waals surface area contributed by atoms with Gasteiger partial charge in [0.2, 0.25) is 5.91 Å². The van der Waals surface area contributed by atoms with Crippen LogP contribution < -0.4 is 5.32 Å². The van der Waals surface area contributed by atoms with Crippen molar-refractivity contribution in [2.45, 2.75) is 81.4 Å². The molecule has 2 aliphatic rings. The van der Waals surface area contributed by atoms with Gasteiger partial charge in [-0.2, -0.15) is 0 Å². The lowest BCUT2D eigenvalue weighted by molar-refractivity contribution is -0.283. The number of aliphatic carboxylic acids is 1. The third-order valence-electron chi connectivity index (χ3n) is 5.08. The standard InChI is InChI=1S/C17H29NO11/c1-6-11(18-7(2)20)14(12(23)10(5-19)27-6)28-17-9(22)4-8(21)13(26-3)15(29-17)16(24)25/h6,8-15,17,19,21-23H,4-5H2,1-3H3,(H,18,20)(H,24,25)/t6-,8?,9?,10?,11?,12+,13-,14?,15?,17+/m0/s1. The van der Waals surface area contributed by atoms with Gasteiger partial charge in [-0.15, -0.1) is 0 Å². The molecule has 0 aromatic carbocycles. The second-order valence-corrected chi connectivity index (χ2v) is 7.21. The van der Waals surface area contributed by atoms with E-state index in [0.717, 1.165) is 0 Å². The number of ether oxygens (including phenoxy) is 4. The topological polar surface area (TPSA) is 184 Å². The van der Waals surface area contributed by atoms with Crippen LogP contribution in [-0.2, 0) is 28.5 Å². The van der Waals surface area contributed by atoms with Crippen molar-refractivity contribution in [1.29, 1.82) is 0 Å². The lowest BCUT2D eigenvalue weighted by atomic mass is 9.93. The number of amides is 1. The molecule has 0 saturated carbocycles. The Hall–Kier alpha value is -1.38. The number of hydrogen-bond acceptors (Lipinski definition) is 10. The minimum Gasteiger partial charge on any atom is -0.479 e. The maximum absolute atomic E-state index is 11.6. The molecule has 2 saturated heterocycles. The number of hydrogen-bond donors (Lipinski definition) is 6. The molecule has 168 valence electrons. The van der Waals surface area contributed by atoms with Gasteiger partial charge in [0.1, 0.15) is 30.5 Å². The van der Waals surface area contributed by atoms with E-state index in [2.05, 4.69) is 5.32 Å². The van der Waals surface area contributed by atoms with Gasteiger partial charge in [0.15, 0.2) is 12.4 Å². The largest absolute Gasteiger partial charge is 0.479 e. The number of methoxy groups -OCH3 is 1. The van der Waals surface area contributed by atoms with Crippen LogP contribution >= 0.6 is 0 Å². The summed E-state index contributed by atoms with van der Waals surface area (Å²) < 4.78 is 21.6. The molecule has 2 heterocycles. The summed E-state index contributed by atoms with van der Waals surface area (Å²) in [6.45, 7) is 2.32. The highest BCUT2D eigenvalue weighted by atomic mass is 16.7. The molecular weight excluding hydrogens is 394 g/mol. The molecule has 0 bridgehead atoms. The highest BCUT2D eigenvalue weighted by Crippen LogP contribution is 2.29. The van der Waals surface area contributed by atoms with E-state index in [4.69, 9.17) is 18.9 Å². The Morgan fingerprint density at radius 1 is 1.14 bits per heavy atom. The number of nitrogens with one attached hydrogen (secondary N) is 1. The number of aliphatic hydroxyl groups excluding tert-OH is 4. The Balaban J connectivity index is 2.29. The summed E-state index contributed by atoms with van der Waals surface area (Å²) in [5, 5.41) is 52.6. The van der Waals surface area contributed by atoms with Crippen molar-refractivity contribution in [3.05, 3.63) is 0 Å². The number of carbonyl (C=O) groups excluding carboxylic acids is 1. The number of rotatable bonds is 6. The quantitative estimate of drug-likeness (QED) is 0.255. The molecular formula is C17H29NO11. The molecule has 0 spiro atoms. The molecule has 6 unspecified atom stereocenters. The first-order valence-electron chi connectivity index (χ1n) is 9.24. The van der Waals surface area contributed by atoms with E-state index in [1.165, 1.54) is 14.0 Å². The molecule has 0 aromatic rings. The van der Waals surface area contributed by atoms with Crippen LogP contribution in [-0.4, -0.2) is 112 Å². The van der Waals surface area contributed by atoms with Gasteiger partial charge in [-0.05, 0) is 6.92 Å². The Morgan fingerprint density at radius 3 is 2.31 bits per heavy atom. The molecule has 2 aliphatic heterocycles. The van der Waals surface area contributed by atoms with Crippen molar-refractivity contribution in [2.24, 2.45) is 0 Å². The van der Waals surface area contributed by atoms with Gasteiger partial charge in [0.05, 0.1) is 24.9 Å². The van der Waals surface area contributed by atoms with Crippen molar-refractivity contribution in [2.75, 3.05) is 13.7 Å². The molecule has 2 rings (SSSR count). The van der Waals surface area contributed by atoms with Crippen LogP contribution in [0, 0.1) is 0 Å². The van der Waals surface area contributed by atoms with E-state index < -0.39 is 79.6 Å². The molecule has 0 radical (unpaired) electrons. The fraction of sp³-hybridized carbons (Fsp3) is 0.882. The fourth-order valence-corrected chi connectivity index (χ4v) is 3.65. The number of carboxylic acid groups (broad SMARTS) is 1. The monoisotopic (exact) mass is 423 g/mol. The van der Waals surface area contributed by atoms with Crippen molar-refractivity contribution >= 4 is 11.9 Å². The molecule has 6 N–H and O–H groups in total. The molecule has 10 atom stereocenters. The van der Waals surface area contributed by atoms with Crippen LogP contribution in [0.1, 0.15) is 20.3 Å². The second kappa shape index (κ2) is 10.1. The third-order valence-corrected chi connectivity index (χ3v) is 5.08. The predicted octanol–water partition coefficient (Wildman–Crippen LogP) is -3.05. The van der Waals surface area contributed by atoms with Crippen LogP contribution in [0.4, 0.5) is 0 Å². The summed E-state index contributed by atoms with van der Waals surface area (Å²) in [7, 11) is 1.20. The lowest BCUT2D eigenvalue weighted by Gasteiger charge is -2.44. The van der Waals surface area contributed by atoms with E-state index >= 15 is 0 Å². The van der Waals surface area contributed by atoms with E-state index in [0.29, 0.717) is 0 Å². The SMILES string of the molecule is CO[C@H]1C(O)CC(O)[C@H](OC2C(NC(C)=O)[C@H](C)OC(CO)[C@H]2O)OC1C(=O)O. The molecule has 29 heavy (non-hydrogen) atoms. The maximum Gasteiger partial charge on any atom is 0.335 e. The van der Waals surface area contributed by atoms with Crippen molar-refractivity contribution in [1.82, 2.24) is 5.32 Å². The molecule has 1 amide bonds. The van der Waals surface area contributed by atoms with Crippen LogP contribution in [0.5, 0.6) is 0 Å². The zero-order chi connectivity index (χ0) is 21.9. The fourth-order valence-electron chi connectivity index (χ4n) is 3.65. The maximum atomic E-state index is 11.6. The zero-order valence-corrected chi connectivity index (χ0v) is 16.4. The van der Waals surface area contributed by atoms with Gasteiger partial charge in [0, 0.05) is 20.5 Å². The summed E-state index contributed by atoms with van der Waals surface area (Å²) in [6, 6.07) is -0.879. The van der Waals surface area contributed by atoms with Crippen molar-refractivity contribution < 1.29 is 54.1 Å². The summed E-state index contributed by atoms with van der Waals surface area (Å²) in [5.41, 5.74) is 0. The summed E-state index contributed by atoms with van der Waals surface area (Å²) in [6.07, 6.45) is -11.9. The van der Waals surface area contributed by atoms with Crippen LogP contribution in [0.2, 0.25) is 0 Å². The molecule has 0 aromatic heterocycles. The van der Waals surface area contributed by atoms with Gasteiger partial charge < -0.3 is 49.8 Å². The third kappa shape index (κ3) is 5.41. The van der Waals surface area contributed by atoms with E-state index in [9.17, 15) is 35.1 Å². The minimum absolute atomic E-state index is 0.309. The first-order chi connectivity index (χ1) is 13.6. The second-order valence-electron chi connectivity index (χ2n) is 7.21. The van der Waals surface area contributed by atoms with Crippen LogP contribution in [0.15, 0.2) is 0 Å². The van der Waals surface area contributed by atoms with Gasteiger partial charge >= 0.3 is 5.97 Å². The highest BCUT2D eigenvalue weighted by molar-refractivity contribution is 5.73. The van der Waals surface area contributed by atoms with Gasteiger partial charge in [-0.1, -0.05) is 0 Å². The molecule has 12 nitrogen and oxygen atoms in total. The first kappa shape index (κ1) is 23.9. The summed E-state index contributed by atoms with van der Waals surface area (Å²) >= 11 is 0. The Labute approximate surface area is 167 Å². The number of carbonyl (C=O) groups is 2. The summed E-state index contributed by atoms with van der Waals surface area (Å²) in [4.78, 5) is 23.2. The first-order valence-corrected chi connectivity index (χ1v) is 9.24. The van der Waals surface area contributed by atoms with Gasteiger partial charge in [-0.3, -0.25) is 4.79 Å². The van der Waals surface area contributed by atoms with E-state index in [1.807, 2.05) is 0 Å². The number of aliphatic hydroxyl groups is 4. The zero-order valence-electron chi connectivity index (χ0n) is 16.4. The Kier molecular flexibility index (Phi) is 8.31. The smallest absolute Gasteiger partial charge is 0.335 e. The average molecular weight is 423 g/mol. The average Bonchev–Trinajstić information content (AvgIpc) is 2.76. The van der Waals surface area contributed by atoms with Gasteiger partial charge in [-0.25, -0.2) is 4.79 Å². The molecule has 12 heteroatoms. The van der Waals surface area contributed by atoms with E-state index in [1.54, 1.807) is 6.92 Å². The van der Waals surface area contributed by atoms with E-state index in [-0.39, 0.29) is 6.42 Å². The predicted molar refractivity (Wildman–Crippen MR) is 93.6 cm³/mol. The molecule has 0 aliphatic carbocycles. The van der Waals surface area contributed by atoms with Crippen molar-refractivity contribution in [3.63, 3.8) is 0 Å². The minimum atomic E-state index is -1.65. The lowest BCUT2D eigenvalue weighted by Crippen LogP contribution is -2.65. The number of carboxylic acids is 1. The van der Waals surface area contributed by atoms with Crippen molar-refractivity contribution in [3.8, 4) is 0 Å². The summed E-state index contributed by atoms with van der Waals surface area (Å²) in [5.74, 6) is -1.87.